The van der Waals surface area contributed by atoms with Gasteiger partial charge < -0.3 is 15.5 Å². The Kier molecular flexibility index (Phi) is 5.97. The minimum atomic E-state index is 0.163. The molecule has 2 aliphatic carbocycles. The lowest BCUT2D eigenvalue weighted by Gasteiger charge is -2.29. The van der Waals surface area contributed by atoms with Crippen LogP contribution in [0.1, 0.15) is 43.6 Å². The van der Waals surface area contributed by atoms with Gasteiger partial charge in [-0.1, -0.05) is 30.3 Å². The van der Waals surface area contributed by atoms with E-state index in [1.165, 1.54) is 5.56 Å². The van der Waals surface area contributed by atoms with E-state index in [4.69, 9.17) is 0 Å². The average molecular weight is 394 g/mol. The predicted octanol–water partition coefficient (Wildman–Crippen LogP) is 3.43. The maximum absolute atomic E-state index is 12.5. The fraction of sp³-hybridized carbons (Fsp3) is 0.522. The van der Waals surface area contributed by atoms with Gasteiger partial charge in [0.25, 0.3) is 0 Å². The van der Waals surface area contributed by atoms with Crippen LogP contribution in [-0.2, 0) is 4.79 Å². The molecule has 1 amide bonds. The van der Waals surface area contributed by atoms with Crippen molar-refractivity contribution in [3.8, 4) is 0 Å². The summed E-state index contributed by atoms with van der Waals surface area (Å²) in [5.41, 5.74) is 1.29. The normalized spacial score (nSPS) is 25.9. The van der Waals surface area contributed by atoms with E-state index in [9.17, 15) is 4.79 Å². The van der Waals surface area contributed by atoms with E-state index in [0.29, 0.717) is 23.8 Å². The van der Waals surface area contributed by atoms with Crippen molar-refractivity contribution >= 4 is 17.7 Å². The van der Waals surface area contributed by atoms with Gasteiger partial charge >= 0.3 is 0 Å². The topological polar surface area (TPSA) is 70.2 Å². The Hall–Kier alpha value is -2.63. The van der Waals surface area contributed by atoms with Crippen molar-refractivity contribution in [1.29, 1.82) is 0 Å². The van der Waals surface area contributed by atoms with Crippen molar-refractivity contribution in [3.05, 3.63) is 48.2 Å². The Morgan fingerprint density at radius 3 is 2.59 bits per heavy atom. The van der Waals surface area contributed by atoms with Crippen LogP contribution in [0.2, 0.25) is 0 Å². The maximum atomic E-state index is 12.5. The Morgan fingerprint density at radius 2 is 1.86 bits per heavy atom. The summed E-state index contributed by atoms with van der Waals surface area (Å²) in [5, 5.41) is 6.69. The summed E-state index contributed by atoms with van der Waals surface area (Å²) >= 11 is 0. The van der Waals surface area contributed by atoms with E-state index in [2.05, 4.69) is 44.9 Å². The van der Waals surface area contributed by atoms with Crippen molar-refractivity contribution in [2.45, 2.75) is 44.1 Å². The summed E-state index contributed by atoms with van der Waals surface area (Å²) in [6.45, 7) is 0.802. The third-order valence-electron chi connectivity index (χ3n) is 6.20. The molecule has 2 N–H and O–H groups in total. The molecule has 29 heavy (non-hydrogen) atoms. The molecule has 0 radical (unpaired) electrons. The fourth-order valence-corrected chi connectivity index (χ4v) is 4.29. The van der Waals surface area contributed by atoms with Crippen LogP contribution < -0.4 is 15.5 Å². The van der Waals surface area contributed by atoms with Gasteiger partial charge in [0.1, 0.15) is 5.82 Å². The maximum Gasteiger partial charge on any atom is 0.224 e. The molecule has 0 saturated heterocycles. The van der Waals surface area contributed by atoms with Crippen LogP contribution in [0.25, 0.3) is 0 Å². The zero-order chi connectivity index (χ0) is 20.2. The Bertz CT molecular complexity index is 817. The largest absolute Gasteiger partial charge is 0.363 e. The summed E-state index contributed by atoms with van der Waals surface area (Å²) in [7, 11) is 3.96. The number of anilines is 2. The summed E-state index contributed by atoms with van der Waals surface area (Å²) in [5.74, 6) is 2.99. The highest BCUT2D eigenvalue weighted by Crippen LogP contribution is 2.47. The molecule has 2 fully saturated rings. The van der Waals surface area contributed by atoms with Gasteiger partial charge in [0.15, 0.2) is 0 Å². The molecule has 0 aliphatic heterocycles. The number of benzene rings is 1. The first-order valence-electron chi connectivity index (χ1n) is 10.7. The van der Waals surface area contributed by atoms with Crippen molar-refractivity contribution in [1.82, 2.24) is 15.3 Å². The molecule has 0 spiro atoms. The van der Waals surface area contributed by atoms with Crippen LogP contribution >= 0.6 is 0 Å². The minimum Gasteiger partial charge on any atom is -0.363 e. The predicted molar refractivity (Wildman–Crippen MR) is 116 cm³/mol. The molecule has 2 atom stereocenters. The summed E-state index contributed by atoms with van der Waals surface area (Å²) < 4.78 is 0. The fourth-order valence-electron chi connectivity index (χ4n) is 4.29. The molecule has 1 aromatic heterocycles. The second-order valence-corrected chi connectivity index (χ2v) is 8.60. The van der Waals surface area contributed by atoms with E-state index in [1.807, 2.05) is 31.1 Å². The smallest absolute Gasteiger partial charge is 0.224 e. The second-order valence-electron chi connectivity index (χ2n) is 8.60. The molecule has 0 bridgehead atoms. The minimum absolute atomic E-state index is 0.163. The van der Waals surface area contributed by atoms with E-state index in [-0.39, 0.29) is 11.8 Å². The summed E-state index contributed by atoms with van der Waals surface area (Å²) in [6, 6.07) is 12.7. The lowest BCUT2D eigenvalue weighted by Crippen LogP contribution is -2.35. The zero-order valence-corrected chi connectivity index (χ0v) is 17.3. The number of nitrogens with one attached hydrogen (secondary N) is 2. The molecule has 154 valence electrons. The molecule has 6 nitrogen and oxygen atoms in total. The van der Waals surface area contributed by atoms with Crippen LogP contribution in [0.3, 0.4) is 0 Å². The highest BCUT2D eigenvalue weighted by atomic mass is 16.2. The molecule has 2 aliphatic rings. The number of aromatic nitrogens is 2. The Morgan fingerprint density at radius 1 is 1.10 bits per heavy atom. The summed E-state index contributed by atoms with van der Waals surface area (Å²) in [4.78, 5) is 23.4. The average Bonchev–Trinajstić information content (AvgIpc) is 3.55. The molecule has 1 heterocycles. The van der Waals surface area contributed by atoms with Gasteiger partial charge in [-0.2, -0.15) is 4.98 Å². The first kappa shape index (κ1) is 19.7. The number of carbonyl (C=O) groups is 1. The Balaban J connectivity index is 1.18. The molecule has 2 aromatic rings. The van der Waals surface area contributed by atoms with Crippen molar-refractivity contribution in [3.63, 3.8) is 0 Å². The van der Waals surface area contributed by atoms with E-state index in [1.54, 1.807) is 6.20 Å². The Labute approximate surface area is 173 Å². The lowest BCUT2D eigenvalue weighted by molar-refractivity contribution is -0.122. The van der Waals surface area contributed by atoms with E-state index >= 15 is 0 Å². The molecular formula is C23H31N5O. The quantitative estimate of drug-likeness (QED) is 0.754. The number of carbonyl (C=O) groups excluding carboxylic acids is 1. The molecule has 1 aromatic carbocycles. The van der Waals surface area contributed by atoms with Crippen LogP contribution in [-0.4, -0.2) is 42.6 Å². The van der Waals surface area contributed by atoms with Crippen molar-refractivity contribution in [2.24, 2.45) is 11.8 Å². The third kappa shape index (κ3) is 5.05. The third-order valence-corrected chi connectivity index (χ3v) is 6.20. The lowest BCUT2D eigenvalue weighted by atomic mass is 9.86. The van der Waals surface area contributed by atoms with Crippen molar-refractivity contribution < 1.29 is 4.79 Å². The number of nitrogens with zero attached hydrogens (tertiary/aromatic N) is 3. The van der Waals surface area contributed by atoms with Gasteiger partial charge in [-0.25, -0.2) is 4.98 Å². The first-order valence-corrected chi connectivity index (χ1v) is 10.7. The van der Waals surface area contributed by atoms with E-state index in [0.717, 1.165) is 44.5 Å². The number of amides is 1. The van der Waals surface area contributed by atoms with Crippen LogP contribution in [0.5, 0.6) is 0 Å². The van der Waals surface area contributed by atoms with Crippen LogP contribution in [0.15, 0.2) is 42.6 Å². The molecule has 6 heteroatoms. The highest BCUT2D eigenvalue weighted by Gasteiger charge is 2.43. The van der Waals surface area contributed by atoms with Gasteiger partial charge in [0.2, 0.25) is 11.9 Å². The van der Waals surface area contributed by atoms with Crippen molar-refractivity contribution in [2.75, 3.05) is 30.9 Å². The van der Waals surface area contributed by atoms with Crippen LogP contribution in [0.4, 0.5) is 11.8 Å². The van der Waals surface area contributed by atoms with Gasteiger partial charge in [0.05, 0.1) is 0 Å². The zero-order valence-electron chi connectivity index (χ0n) is 17.3. The molecular weight excluding hydrogens is 362 g/mol. The van der Waals surface area contributed by atoms with Gasteiger partial charge in [0, 0.05) is 38.8 Å². The standard InChI is InChI=1S/C23H31N5O/c1-28(2)21-12-13-24-23(27-21)26-18-10-8-16(9-11-18)15-25-22(29)20-14-19(20)17-6-4-3-5-7-17/h3-7,12-13,16,18-20H,8-11,14-15H2,1-2H3,(H,25,29)(H,24,26,27)/t16-,18+,19-,20?/m0/s1. The monoisotopic (exact) mass is 393 g/mol. The number of rotatable bonds is 7. The highest BCUT2D eigenvalue weighted by molar-refractivity contribution is 5.82. The van der Waals surface area contributed by atoms with E-state index < -0.39 is 0 Å². The molecule has 2 saturated carbocycles. The second kappa shape index (κ2) is 8.80. The van der Waals surface area contributed by atoms with Crippen LogP contribution in [0, 0.1) is 11.8 Å². The molecule has 4 rings (SSSR count). The number of hydrogen-bond donors (Lipinski definition) is 2. The molecule has 1 unspecified atom stereocenters. The van der Waals surface area contributed by atoms with Gasteiger partial charge in [-0.15, -0.1) is 0 Å². The van der Waals surface area contributed by atoms with Gasteiger partial charge in [-0.05, 0) is 55.6 Å². The first-order chi connectivity index (χ1) is 14.1. The number of hydrogen-bond acceptors (Lipinski definition) is 5. The summed E-state index contributed by atoms with van der Waals surface area (Å²) in [6.07, 6.45) is 7.21. The SMILES string of the molecule is CN(C)c1ccnc(N[C@H]2CC[C@@H](CNC(=O)C3C[C@H]3c3ccccc3)CC2)n1. The van der Waals surface area contributed by atoms with Gasteiger partial charge in [-0.3, -0.25) is 4.79 Å².